The Hall–Kier alpha value is -2.40. The van der Waals surface area contributed by atoms with Gasteiger partial charge in [-0.1, -0.05) is 18.2 Å². The lowest BCUT2D eigenvalue weighted by Crippen LogP contribution is -2.34. The Balaban J connectivity index is 2.06. The summed E-state index contributed by atoms with van der Waals surface area (Å²) in [5.41, 5.74) is 2.39. The van der Waals surface area contributed by atoms with E-state index >= 15 is 0 Å². The van der Waals surface area contributed by atoms with Gasteiger partial charge in [-0.3, -0.25) is 4.79 Å². The van der Waals surface area contributed by atoms with E-state index in [1.165, 1.54) is 0 Å². The number of likely N-dealkylation sites (N-methyl/N-ethyl adjacent to an activating group) is 1. The topological polar surface area (TPSA) is 54.5 Å². The van der Waals surface area contributed by atoms with Crippen molar-refractivity contribution in [3.8, 4) is 5.75 Å². The summed E-state index contributed by atoms with van der Waals surface area (Å²) in [7, 11) is 5.63. The number of rotatable bonds is 6. The number of methoxy groups -OCH3 is 1. The van der Waals surface area contributed by atoms with Gasteiger partial charge in [0.25, 0.3) is 5.91 Å². The van der Waals surface area contributed by atoms with Gasteiger partial charge in [0.15, 0.2) is 0 Å². The average molecular weight is 313 g/mol. The molecule has 1 aromatic carbocycles. The highest BCUT2D eigenvalue weighted by atomic mass is 16.5. The average Bonchev–Trinajstić information content (AvgIpc) is 2.55. The molecule has 0 unspecified atom stereocenters. The molecule has 2 rings (SSSR count). The van der Waals surface area contributed by atoms with E-state index in [1.807, 2.05) is 57.4 Å². The largest absolute Gasteiger partial charge is 0.497 e. The highest BCUT2D eigenvalue weighted by Gasteiger charge is 2.16. The second-order valence-electron chi connectivity index (χ2n) is 5.63. The van der Waals surface area contributed by atoms with E-state index in [1.54, 1.807) is 13.2 Å². The molecule has 0 spiro atoms. The highest BCUT2D eigenvalue weighted by molar-refractivity contribution is 5.92. The van der Waals surface area contributed by atoms with Crippen LogP contribution in [-0.2, 0) is 0 Å². The number of carbonyl (C=O) groups is 1. The first-order chi connectivity index (χ1) is 11.0. The molecule has 0 saturated heterocycles. The summed E-state index contributed by atoms with van der Waals surface area (Å²) in [5.74, 6) is 0.660. The van der Waals surface area contributed by atoms with Gasteiger partial charge in [0.05, 0.1) is 13.2 Å². The number of nitrogens with one attached hydrogen (secondary N) is 1. The van der Waals surface area contributed by atoms with Gasteiger partial charge < -0.3 is 15.0 Å². The number of benzene rings is 1. The molecule has 1 heterocycles. The number of pyridine rings is 1. The third kappa shape index (κ3) is 4.53. The Labute approximate surface area is 137 Å². The van der Waals surface area contributed by atoms with Crippen molar-refractivity contribution >= 4 is 5.91 Å². The van der Waals surface area contributed by atoms with E-state index in [4.69, 9.17) is 4.74 Å². The van der Waals surface area contributed by atoms with E-state index in [0.717, 1.165) is 17.0 Å². The van der Waals surface area contributed by atoms with E-state index < -0.39 is 0 Å². The second-order valence-corrected chi connectivity index (χ2v) is 5.63. The third-order valence-corrected chi connectivity index (χ3v) is 3.70. The summed E-state index contributed by atoms with van der Waals surface area (Å²) >= 11 is 0. The molecule has 0 aliphatic rings. The van der Waals surface area contributed by atoms with Gasteiger partial charge in [0.2, 0.25) is 0 Å². The summed E-state index contributed by atoms with van der Waals surface area (Å²) in [6, 6.07) is 13.4. The molecule has 122 valence electrons. The monoisotopic (exact) mass is 313 g/mol. The molecular formula is C18H23N3O2. The van der Waals surface area contributed by atoms with Crippen LogP contribution in [0.25, 0.3) is 0 Å². The highest BCUT2D eigenvalue weighted by Crippen LogP contribution is 2.20. The van der Waals surface area contributed by atoms with Crippen LogP contribution in [0, 0.1) is 6.92 Å². The summed E-state index contributed by atoms with van der Waals surface area (Å²) in [6.45, 7) is 2.38. The molecule has 5 heteroatoms. The minimum absolute atomic E-state index is 0.0784. The van der Waals surface area contributed by atoms with Crippen molar-refractivity contribution in [3.63, 3.8) is 0 Å². The number of aryl methyl sites for hydroxylation is 1. The predicted molar refractivity (Wildman–Crippen MR) is 90.7 cm³/mol. The zero-order chi connectivity index (χ0) is 16.8. The molecule has 0 bridgehead atoms. The fourth-order valence-corrected chi connectivity index (χ4v) is 2.37. The van der Waals surface area contributed by atoms with E-state index in [2.05, 4.69) is 15.2 Å². The molecule has 1 atom stereocenters. The quantitative estimate of drug-likeness (QED) is 0.890. The first-order valence-corrected chi connectivity index (χ1v) is 7.53. The Bertz CT molecular complexity index is 654. The van der Waals surface area contributed by atoms with Crippen LogP contribution in [0.4, 0.5) is 0 Å². The number of nitrogens with zero attached hydrogens (tertiary/aromatic N) is 2. The lowest BCUT2D eigenvalue weighted by atomic mass is 10.1. The molecule has 1 aromatic heterocycles. The number of amides is 1. The van der Waals surface area contributed by atoms with Gasteiger partial charge in [0.1, 0.15) is 11.4 Å². The van der Waals surface area contributed by atoms with Crippen LogP contribution in [0.3, 0.4) is 0 Å². The van der Waals surface area contributed by atoms with Gasteiger partial charge in [-0.2, -0.15) is 0 Å². The van der Waals surface area contributed by atoms with E-state index in [0.29, 0.717) is 12.2 Å². The molecule has 0 fully saturated rings. The van der Waals surface area contributed by atoms with Crippen molar-refractivity contribution in [2.75, 3.05) is 27.7 Å². The Morgan fingerprint density at radius 2 is 1.91 bits per heavy atom. The molecule has 1 amide bonds. The standard InChI is InChI=1S/C18H23N3O2/c1-13-6-5-7-16(20-13)18(22)19-12-17(21(2)3)14-8-10-15(23-4)11-9-14/h5-11,17H,12H2,1-4H3,(H,19,22)/t17-/m0/s1. The van der Waals surface area contributed by atoms with Crippen LogP contribution in [0.2, 0.25) is 0 Å². The normalized spacial score (nSPS) is 12.0. The van der Waals surface area contributed by atoms with Gasteiger partial charge in [-0.15, -0.1) is 0 Å². The molecule has 2 aromatic rings. The number of hydrogen-bond acceptors (Lipinski definition) is 4. The van der Waals surface area contributed by atoms with Crippen molar-refractivity contribution in [2.24, 2.45) is 0 Å². The van der Waals surface area contributed by atoms with Crippen molar-refractivity contribution in [3.05, 3.63) is 59.4 Å². The summed E-state index contributed by atoms with van der Waals surface area (Å²) in [6.07, 6.45) is 0. The van der Waals surface area contributed by atoms with Gasteiger partial charge in [-0.25, -0.2) is 4.98 Å². The summed E-state index contributed by atoms with van der Waals surface area (Å²) in [4.78, 5) is 18.6. The van der Waals surface area contributed by atoms with Gasteiger partial charge >= 0.3 is 0 Å². The Morgan fingerprint density at radius 3 is 2.48 bits per heavy atom. The van der Waals surface area contributed by atoms with Crippen LogP contribution < -0.4 is 10.1 Å². The number of aromatic nitrogens is 1. The van der Waals surface area contributed by atoms with E-state index in [-0.39, 0.29) is 11.9 Å². The maximum atomic E-state index is 12.2. The molecule has 1 N–H and O–H groups in total. The van der Waals surface area contributed by atoms with Crippen molar-refractivity contribution < 1.29 is 9.53 Å². The minimum atomic E-state index is -0.158. The fourth-order valence-electron chi connectivity index (χ4n) is 2.37. The Morgan fingerprint density at radius 1 is 1.22 bits per heavy atom. The van der Waals surface area contributed by atoms with Crippen molar-refractivity contribution in [1.29, 1.82) is 0 Å². The van der Waals surface area contributed by atoms with Crippen molar-refractivity contribution in [2.45, 2.75) is 13.0 Å². The van der Waals surface area contributed by atoms with Crippen LogP contribution in [-0.4, -0.2) is 43.5 Å². The fraction of sp³-hybridized carbons (Fsp3) is 0.333. The molecule has 0 radical (unpaired) electrons. The van der Waals surface area contributed by atoms with Gasteiger partial charge in [0, 0.05) is 12.2 Å². The summed E-state index contributed by atoms with van der Waals surface area (Å²) < 4.78 is 5.19. The van der Waals surface area contributed by atoms with Crippen LogP contribution in [0.1, 0.15) is 27.8 Å². The SMILES string of the molecule is COc1ccc([C@H](CNC(=O)c2cccc(C)n2)N(C)C)cc1. The number of hydrogen-bond donors (Lipinski definition) is 1. The smallest absolute Gasteiger partial charge is 0.269 e. The summed E-state index contributed by atoms with van der Waals surface area (Å²) in [5, 5.41) is 2.96. The number of ether oxygens (including phenoxy) is 1. The zero-order valence-corrected chi connectivity index (χ0v) is 14.0. The first kappa shape index (κ1) is 17.0. The van der Waals surface area contributed by atoms with Crippen LogP contribution >= 0.6 is 0 Å². The maximum absolute atomic E-state index is 12.2. The van der Waals surface area contributed by atoms with E-state index in [9.17, 15) is 4.79 Å². The van der Waals surface area contributed by atoms with Crippen molar-refractivity contribution in [1.82, 2.24) is 15.2 Å². The maximum Gasteiger partial charge on any atom is 0.269 e. The molecular weight excluding hydrogens is 290 g/mol. The molecule has 23 heavy (non-hydrogen) atoms. The van der Waals surface area contributed by atoms with Crippen LogP contribution in [0.15, 0.2) is 42.5 Å². The second kappa shape index (κ2) is 7.74. The Kier molecular flexibility index (Phi) is 5.71. The lowest BCUT2D eigenvalue weighted by molar-refractivity contribution is 0.0936. The molecule has 0 aliphatic heterocycles. The molecule has 5 nitrogen and oxygen atoms in total. The third-order valence-electron chi connectivity index (χ3n) is 3.70. The lowest BCUT2D eigenvalue weighted by Gasteiger charge is -2.25. The molecule has 0 aliphatic carbocycles. The van der Waals surface area contributed by atoms with Gasteiger partial charge in [-0.05, 0) is 50.8 Å². The first-order valence-electron chi connectivity index (χ1n) is 7.53. The predicted octanol–water partition coefficient (Wildman–Crippen LogP) is 2.43. The minimum Gasteiger partial charge on any atom is -0.497 e. The number of carbonyl (C=O) groups excluding carboxylic acids is 1. The van der Waals surface area contributed by atoms with Crippen LogP contribution in [0.5, 0.6) is 5.75 Å². The molecule has 0 saturated carbocycles. The zero-order valence-electron chi connectivity index (χ0n) is 14.0.